The molecule has 0 aromatic carbocycles. The van der Waals surface area contributed by atoms with Crippen molar-refractivity contribution in [1.29, 1.82) is 0 Å². The molecule has 0 unspecified atom stereocenters. The normalized spacial score (nSPS) is 39.9. The second-order valence-corrected chi connectivity index (χ2v) is 18.9. The highest BCUT2D eigenvalue weighted by Crippen LogP contribution is 2.69. The molecule has 4 aliphatic carbocycles. The molecule has 0 radical (unpaired) electrons. The average Bonchev–Trinajstić information content (AvgIpc) is 3.19. The summed E-state index contributed by atoms with van der Waals surface area (Å²) in [7, 11) is -15.0. The summed E-state index contributed by atoms with van der Waals surface area (Å²) >= 11 is 0. The van der Waals surface area contributed by atoms with E-state index in [2.05, 4.69) is 41.5 Å². The quantitative estimate of drug-likeness (QED) is 0.208. The topological polar surface area (TPSA) is 191 Å². The number of rotatable bonds is 12. The molecule has 3 N–H and O–H groups in total. The molecule has 15 heteroatoms. The van der Waals surface area contributed by atoms with Crippen molar-refractivity contribution in [3.05, 3.63) is 0 Å². The van der Waals surface area contributed by atoms with Crippen molar-refractivity contribution in [2.75, 3.05) is 0 Å². The third kappa shape index (κ3) is 8.26. The fourth-order valence-corrected chi connectivity index (χ4v) is 12.6. The van der Waals surface area contributed by atoms with E-state index in [0.717, 1.165) is 32.1 Å². The van der Waals surface area contributed by atoms with E-state index in [1.807, 2.05) is 6.92 Å². The zero-order chi connectivity index (χ0) is 33.9. The highest BCUT2D eigenvalue weighted by atomic mass is 32.3. The molecule has 4 saturated carbocycles. The molecule has 4 fully saturated rings. The summed E-state index contributed by atoms with van der Waals surface area (Å²) < 4.78 is 115. The van der Waals surface area contributed by atoms with E-state index < -0.39 is 60.8 Å². The molecule has 4 rings (SSSR count). The summed E-state index contributed by atoms with van der Waals surface area (Å²) in [6.07, 6.45) is 1.98. The van der Waals surface area contributed by atoms with Crippen molar-refractivity contribution >= 4 is 31.2 Å². The van der Waals surface area contributed by atoms with Crippen LogP contribution in [0.4, 0.5) is 0 Å². The highest BCUT2D eigenvalue weighted by molar-refractivity contribution is 7.81. The van der Waals surface area contributed by atoms with Crippen LogP contribution in [-0.2, 0) is 43.7 Å². The van der Waals surface area contributed by atoms with E-state index in [-0.39, 0.29) is 36.0 Å². The summed E-state index contributed by atoms with van der Waals surface area (Å²) in [5, 5.41) is 0. The maximum absolute atomic E-state index is 12.1. The zero-order valence-corrected chi connectivity index (χ0v) is 30.0. The SMILES string of the molecule is CC(C)C(CC[C@@H](C)[C@H]1CC[C@H]2[C@@H]3C[C@H](OS(=O)(=O)O)[C@H]4C[C@H](OS(=O)(=O)O)[C@@H](OS(=O)(=O)O)C[C@]4(C)[C@H]3CC[C@]12C)C(C)C. The van der Waals surface area contributed by atoms with E-state index in [4.69, 9.17) is 12.5 Å². The van der Waals surface area contributed by atoms with Gasteiger partial charge in [-0.05, 0) is 115 Å². The Bertz CT molecular complexity index is 1370. The smallest absolute Gasteiger partial charge is 0.264 e. The largest absolute Gasteiger partial charge is 0.397 e. The van der Waals surface area contributed by atoms with Crippen LogP contribution >= 0.6 is 0 Å². The van der Waals surface area contributed by atoms with Crippen molar-refractivity contribution in [3.8, 4) is 0 Å². The molecule has 0 aromatic heterocycles. The lowest BCUT2D eigenvalue weighted by Gasteiger charge is -2.63. The number of fused-ring (bicyclic) bond motifs is 5. The van der Waals surface area contributed by atoms with E-state index in [1.54, 1.807) is 0 Å². The zero-order valence-electron chi connectivity index (χ0n) is 27.5. The molecule has 264 valence electrons. The summed E-state index contributed by atoms with van der Waals surface area (Å²) in [5.74, 6) is 2.42. The Balaban J connectivity index is 1.65. The minimum Gasteiger partial charge on any atom is -0.264 e. The van der Waals surface area contributed by atoms with Gasteiger partial charge in [-0.25, -0.2) is 12.5 Å². The molecule has 0 bridgehead atoms. The minimum absolute atomic E-state index is 0.00143. The van der Waals surface area contributed by atoms with Crippen LogP contribution in [0.1, 0.15) is 106 Å². The monoisotopic (exact) mass is 702 g/mol. The standard InChI is InChI=1S/C30H54O12S3/c1-17(2)20(18(3)4)9-8-19(5)22-10-11-23-21-14-26(40-43(31,32)33)25-15-27(41-44(34,35)36)28(42-45(37,38)39)16-30(25,7)24(21)12-13-29(22,23)6/h17-28H,8-16H2,1-7H3,(H,31,32,33)(H,34,35,36)(H,37,38,39)/t19-,21+,22-,23+,24+,25-,26+,27+,28+,29-,30-/m1/s1. The van der Waals surface area contributed by atoms with E-state index in [0.29, 0.717) is 36.0 Å². The van der Waals surface area contributed by atoms with Crippen LogP contribution in [-0.4, -0.2) is 57.2 Å². The lowest BCUT2D eigenvalue weighted by Crippen LogP contribution is -2.62. The van der Waals surface area contributed by atoms with Gasteiger partial charge in [-0.3, -0.25) is 13.7 Å². The summed E-state index contributed by atoms with van der Waals surface area (Å²) in [4.78, 5) is 0. The fraction of sp³-hybridized carbons (Fsp3) is 1.00. The van der Waals surface area contributed by atoms with Crippen LogP contribution in [0.2, 0.25) is 0 Å². The Morgan fingerprint density at radius 2 is 1.16 bits per heavy atom. The van der Waals surface area contributed by atoms with Crippen LogP contribution in [0.3, 0.4) is 0 Å². The first-order chi connectivity index (χ1) is 20.4. The maximum atomic E-state index is 12.1. The molecule has 0 aromatic rings. The second-order valence-electron chi connectivity index (χ2n) is 15.8. The summed E-state index contributed by atoms with van der Waals surface area (Å²) in [5.41, 5.74) is -0.813. The summed E-state index contributed by atoms with van der Waals surface area (Å²) in [6.45, 7) is 15.8. The van der Waals surface area contributed by atoms with Crippen molar-refractivity contribution in [1.82, 2.24) is 0 Å². The van der Waals surface area contributed by atoms with E-state index in [1.165, 1.54) is 6.42 Å². The Kier molecular flexibility index (Phi) is 10.9. The first-order valence-corrected chi connectivity index (χ1v) is 20.5. The lowest BCUT2D eigenvalue weighted by atomic mass is 9.43. The third-order valence-electron chi connectivity index (χ3n) is 12.8. The predicted octanol–water partition coefficient (Wildman–Crippen LogP) is 5.77. The molecule has 11 atom stereocenters. The van der Waals surface area contributed by atoms with Crippen LogP contribution in [0.25, 0.3) is 0 Å². The first kappa shape index (κ1) is 37.4. The van der Waals surface area contributed by atoms with Gasteiger partial charge in [0, 0.05) is 0 Å². The Morgan fingerprint density at radius 1 is 0.644 bits per heavy atom. The molecule has 0 heterocycles. The van der Waals surface area contributed by atoms with E-state index >= 15 is 0 Å². The second kappa shape index (κ2) is 13.1. The predicted molar refractivity (Wildman–Crippen MR) is 167 cm³/mol. The van der Waals surface area contributed by atoms with Crippen LogP contribution in [0.5, 0.6) is 0 Å². The molecule has 0 aliphatic heterocycles. The molecule has 0 saturated heterocycles. The van der Waals surface area contributed by atoms with Gasteiger partial charge >= 0.3 is 31.2 Å². The molecule has 45 heavy (non-hydrogen) atoms. The van der Waals surface area contributed by atoms with Crippen LogP contribution < -0.4 is 0 Å². The van der Waals surface area contributed by atoms with Gasteiger partial charge in [0.1, 0.15) is 12.2 Å². The number of hydrogen-bond acceptors (Lipinski definition) is 9. The van der Waals surface area contributed by atoms with Gasteiger partial charge in [-0.1, -0.05) is 54.9 Å². The maximum Gasteiger partial charge on any atom is 0.397 e. The van der Waals surface area contributed by atoms with Gasteiger partial charge in [0.2, 0.25) is 0 Å². The van der Waals surface area contributed by atoms with Gasteiger partial charge in [0.15, 0.2) is 0 Å². The average molecular weight is 703 g/mol. The molecule has 0 amide bonds. The Hall–Kier alpha value is -0.390. The van der Waals surface area contributed by atoms with Crippen molar-refractivity contribution in [2.24, 2.45) is 64.1 Å². The van der Waals surface area contributed by atoms with Gasteiger partial charge in [0.25, 0.3) is 0 Å². The van der Waals surface area contributed by atoms with Gasteiger partial charge in [0.05, 0.1) is 6.10 Å². The van der Waals surface area contributed by atoms with Crippen molar-refractivity contribution < 1.29 is 51.5 Å². The van der Waals surface area contributed by atoms with E-state index in [9.17, 15) is 38.9 Å². The van der Waals surface area contributed by atoms with Gasteiger partial charge in [-0.15, -0.1) is 0 Å². The molecule has 12 nitrogen and oxygen atoms in total. The van der Waals surface area contributed by atoms with Gasteiger partial charge < -0.3 is 0 Å². The Labute approximate surface area is 270 Å². The lowest BCUT2D eigenvalue weighted by molar-refractivity contribution is -0.184. The minimum atomic E-state index is -5.07. The molecule has 0 spiro atoms. The number of hydrogen-bond donors (Lipinski definition) is 3. The van der Waals surface area contributed by atoms with Crippen LogP contribution in [0, 0.1) is 64.1 Å². The molecular weight excluding hydrogens is 649 g/mol. The fourth-order valence-electron chi connectivity index (χ4n) is 11.1. The Morgan fingerprint density at radius 3 is 1.69 bits per heavy atom. The van der Waals surface area contributed by atoms with Crippen molar-refractivity contribution in [3.63, 3.8) is 0 Å². The third-order valence-corrected chi connectivity index (χ3v) is 14.3. The highest BCUT2D eigenvalue weighted by Gasteiger charge is 2.65. The first-order valence-electron chi connectivity index (χ1n) is 16.4. The molecule has 4 aliphatic rings. The molecular formula is C30H54O12S3. The van der Waals surface area contributed by atoms with Crippen molar-refractivity contribution in [2.45, 2.75) is 125 Å². The van der Waals surface area contributed by atoms with Gasteiger partial charge in [-0.2, -0.15) is 25.3 Å². The summed E-state index contributed by atoms with van der Waals surface area (Å²) in [6, 6.07) is 0. The van der Waals surface area contributed by atoms with Crippen LogP contribution in [0.15, 0.2) is 0 Å².